The van der Waals surface area contributed by atoms with Crippen LogP contribution in [-0.4, -0.2) is 51.6 Å². The molecular formula is C26H19F2N5O3. The van der Waals surface area contributed by atoms with Crippen molar-refractivity contribution in [3.8, 4) is 11.8 Å². The molecule has 180 valence electrons. The van der Waals surface area contributed by atoms with Gasteiger partial charge in [-0.25, -0.2) is 18.5 Å². The molecule has 36 heavy (non-hydrogen) atoms. The van der Waals surface area contributed by atoms with E-state index in [-0.39, 0.29) is 24.5 Å². The number of carbonyl (C=O) groups excluding carboxylic acids is 3. The van der Waals surface area contributed by atoms with Crippen molar-refractivity contribution in [2.75, 3.05) is 22.9 Å². The molecule has 1 unspecified atom stereocenters. The SMILES string of the molecule is CC12CC(=O)N(c3c(F)cc(C#Cc4ccccc4)cc3F)C(=O)N1CCN(c1cccnn1)C2=O. The van der Waals surface area contributed by atoms with Gasteiger partial charge in [0.1, 0.15) is 11.2 Å². The molecule has 2 aliphatic heterocycles. The highest BCUT2D eigenvalue weighted by Gasteiger charge is 2.56. The van der Waals surface area contributed by atoms with Crippen LogP contribution in [0.4, 0.5) is 25.1 Å². The summed E-state index contributed by atoms with van der Waals surface area (Å²) in [4.78, 5) is 42.7. The maximum absolute atomic E-state index is 15.1. The number of fused-ring (bicyclic) bond motifs is 1. The molecule has 0 saturated carbocycles. The molecule has 0 aliphatic carbocycles. The first-order valence-electron chi connectivity index (χ1n) is 11.1. The van der Waals surface area contributed by atoms with E-state index in [2.05, 4.69) is 22.0 Å². The summed E-state index contributed by atoms with van der Waals surface area (Å²) >= 11 is 0. The first-order chi connectivity index (χ1) is 17.3. The van der Waals surface area contributed by atoms with Crippen molar-refractivity contribution in [3.63, 3.8) is 0 Å². The van der Waals surface area contributed by atoms with Crippen molar-refractivity contribution in [1.82, 2.24) is 15.1 Å². The quantitative estimate of drug-likeness (QED) is 0.519. The average molecular weight is 487 g/mol. The highest BCUT2D eigenvalue weighted by atomic mass is 19.1. The van der Waals surface area contributed by atoms with Gasteiger partial charge in [-0.15, -0.1) is 5.10 Å². The van der Waals surface area contributed by atoms with Crippen molar-refractivity contribution in [2.45, 2.75) is 18.9 Å². The lowest BCUT2D eigenvalue weighted by molar-refractivity contribution is -0.137. The molecule has 3 heterocycles. The average Bonchev–Trinajstić information content (AvgIpc) is 2.86. The Balaban J connectivity index is 1.45. The molecule has 8 nitrogen and oxygen atoms in total. The van der Waals surface area contributed by atoms with Crippen molar-refractivity contribution < 1.29 is 23.2 Å². The summed E-state index contributed by atoms with van der Waals surface area (Å²) in [6, 6.07) is 13.1. The van der Waals surface area contributed by atoms with Crippen molar-refractivity contribution in [3.05, 3.63) is 83.6 Å². The molecule has 1 atom stereocenters. The van der Waals surface area contributed by atoms with Gasteiger partial charge in [0.2, 0.25) is 5.91 Å². The maximum atomic E-state index is 15.1. The molecule has 2 aromatic carbocycles. The van der Waals surface area contributed by atoms with Crippen molar-refractivity contribution in [2.24, 2.45) is 0 Å². The predicted molar refractivity (Wildman–Crippen MR) is 126 cm³/mol. The minimum atomic E-state index is -1.53. The largest absolute Gasteiger partial charge is 0.332 e. The third-order valence-electron chi connectivity index (χ3n) is 6.22. The normalized spacial score (nSPS) is 19.6. The van der Waals surface area contributed by atoms with Crippen molar-refractivity contribution in [1.29, 1.82) is 0 Å². The van der Waals surface area contributed by atoms with Crippen LogP contribution in [0.3, 0.4) is 0 Å². The predicted octanol–water partition coefficient (Wildman–Crippen LogP) is 3.12. The number of halogens is 2. The number of anilines is 2. The monoisotopic (exact) mass is 487 g/mol. The van der Waals surface area contributed by atoms with Crippen LogP contribution in [0.2, 0.25) is 0 Å². The van der Waals surface area contributed by atoms with Crippen LogP contribution in [0.25, 0.3) is 0 Å². The van der Waals surface area contributed by atoms with Gasteiger partial charge in [0.05, 0.1) is 6.42 Å². The molecule has 4 amide bonds. The van der Waals surface area contributed by atoms with Gasteiger partial charge < -0.3 is 4.90 Å². The number of nitrogens with zero attached hydrogens (tertiary/aromatic N) is 5. The van der Waals surface area contributed by atoms with Gasteiger partial charge >= 0.3 is 6.03 Å². The van der Waals surface area contributed by atoms with Gasteiger partial charge in [-0.3, -0.25) is 14.5 Å². The number of rotatable bonds is 2. The molecule has 0 spiro atoms. The van der Waals surface area contributed by atoms with E-state index >= 15 is 8.78 Å². The first-order valence-corrected chi connectivity index (χ1v) is 11.1. The fourth-order valence-corrected chi connectivity index (χ4v) is 4.43. The molecule has 1 aromatic heterocycles. The summed E-state index contributed by atoms with van der Waals surface area (Å²) in [7, 11) is 0. The fraction of sp³-hybridized carbons (Fsp3) is 0.192. The van der Waals surface area contributed by atoms with Gasteiger partial charge in [0, 0.05) is 30.4 Å². The van der Waals surface area contributed by atoms with E-state index in [0.717, 1.165) is 12.1 Å². The number of urea groups is 1. The van der Waals surface area contributed by atoms with E-state index < -0.39 is 47.1 Å². The van der Waals surface area contributed by atoms with Crippen LogP contribution in [-0.2, 0) is 9.59 Å². The van der Waals surface area contributed by atoms with Crippen LogP contribution in [0.5, 0.6) is 0 Å². The number of hydrogen-bond acceptors (Lipinski definition) is 5. The number of hydrogen-bond donors (Lipinski definition) is 0. The molecule has 2 fully saturated rings. The Morgan fingerprint density at radius 2 is 1.61 bits per heavy atom. The van der Waals surface area contributed by atoms with E-state index in [4.69, 9.17) is 0 Å². The minimum Gasteiger partial charge on any atom is -0.307 e. The van der Waals surface area contributed by atoms with Crippen molar-refractivity contribution >= 4 is 29.4 Å². The number of carbonyl (C=O) groups is 3. The number of piperazine rings is 1. The third-order valence-corrected chi connectivity index (χ3v) is 6.22. The van der Waals surface area contributed by atoms with Gasteiger partial charge in [-0.05, 0) is 43.3 Å². The summed E-state index contributed by atoms with van der Waals surface area (Å²) in [6.07, 6.45) is 1.00. The van der Waals surface area contributed by atoms with Crippen LogP contribution in [0, 0.1) is 23.5 Å². The Bertz CT molecular complexity index is 1420. The Morgan fingerprint density at radius 1 is 0.917 bits per heavy atom. The van der Waals surface area contributed by atoms with E-state index in [0.29, 0.717) is 10.5 Å². The number of imide groups is 1. The van der Waals surface area contributed by atoms with Crippen LogP contribution < -0.4 is 9.80 Å². The lowest BCUT2D eigenvalue weighted by atomic mass is 9.88. The molecule has 0 radical (unpaired) electrons. The topological polar surface area (TPSA) is 86.7 Å². The van der Waals surface area contributed by atoms with Crippen LogP contribution >= 0.6 is 0 Å². The second-order valence-corrected chi connectivity index (χ2v) is 8.56. The second-order valence-electron chi connectivity index (χ2n) is 8.56. The summed E-state index contributed by atoms with van der Waals surface area (Å²) in [5.74, 6) is 2.14. The summed E-state index contributed by atoms with van der Waals surface area (Å²) in [5, 5.41) is 7.70. The third kappa shape index (κ3) is 3.84. The van der Waals surface area contributed by atoms with Gasteiger partial charge in [-0.2, -0.15) is 5.10 Å². The molecule has 0 N–H and O–H groups in total. The van der Waals surface area contributed by atoms with Gasteiger partial charge in [0.25, 0.3) is 5.91 Å². The Morgan fingerprint density at radius 3 is 2.28 bits per heavy atom. The molecule has 2 saturated heterocycles. The smallest absolute Gasteiger partial charge is 0.307 e. The zero-order valence-corrected chi connectivity index (χ0v) is 19.1. The molecular weight excluding hydrogens is 468 g/mol. The number of amides is 4. The van der Waals surface area contributed by atoms with E-state index in [1.54, 1.807) is 36.4 Å². The van der Waals surface area contributed by atoms with E-state index in [1.807, 2.05) is 6.07 Å². The lowest BCUT2D eigenvalue weighted by Crippen LogP contribution is -2.73. The molecule has 5 rings (SSSR count). The number of benzene rings is 2. The lowest BCUT2D eigenvalue weighted by Gasteiger charge is -2.51. The molecule has 2 aliphatic rings. The molecule has 10 heteroatoms. The highest BCUT2D eigenvalue weighted by molar-refractivity contribution is 6.20. The summed E-state index contributed by atoms with van der Waals surface area (Å²) in [6.45, 7) is 1.57. The summed E-state index contributed by atoms with van der Waals surface area (Å²) < 4.78 is 30.2. The van der Waals surface area contributed by atoms with E-state index in [9.17, 15) is 14.4 Å². The minimum absolute atomic E-state index is 0.0330. The Kier molecular flexibility index (Phi) is 5.68. The zero-order chi connectivity index (χ0) is 25.4. The van der Waals surface area contributed by atoms with E-state index in [1.165, 1.54) is 22.9 Å². The Labute approximate surface area is 205 Å². The maximum Gasteiger partial charge on any atom is 0.332 e. The van der Waals surface area contributed by atoms with Crippen LogP contribution in [0.1, 0.15) is 24.5 Å². The van der Waals surface area contributed by atoms with Gasteiger partial charge in [-0.1, -0.05) is 30.0 Å². The highest BCUT2D eigenvalue weighted by Crippen LogP contribution is 2.37. The fourth-order valence-electron chi connectivity index (χ4n) is 4.43. The standard InChI is InChI=1S/C26H19F2N5O3/c1-26-16-22(34)33(25(36)32(26)13-12-31(24(26)35)21-8-5-11-29-30-21)23-19(27)14-18(15-20(23)28)10-9-17-6-3-2-4-7-17/h2-8,11,14-15H,12-13,16H2,1H3. The zero-order valence-electron chi connectivity index (χ0n) is 19.1. The second kappa shape index (κ2) is 8.85. The molecule has 0 bridgehead atoms. The first kappa shape index (κ1) is 23.1. The summed E-state index contributed by atoms with van der Waals surface area (Å²) in [5.41, 5.74) is -1.62. The van der Waals surface area contributed by atoms with Crippen LogP contribution in [0.15, 0.2) is 60.8 Å². The van der Waals surface area contributed by atoms with Gasteiger partial charge in [0.15, 0.2) is 17.5 Å². The number of aromatic nitrogens is 2. The Hall–Kier alpha value is -4.65. The molecule has 3 aromatic rings.